The zero-order chi connectivity index (χ0) is 21.9. The second-order valence-electron chi connectivity index (χ2n) is 6.55. The van der Waals surface area contributed by atoms with Crippen LogP contribution >= 0.6 is 11.3 Å². The minimum atomic E-state index is -4.41. The summed E-state index contributed by atoms with van der Waals surface area (Å²) in [5.41, 5.74) is 1.38. The van der Waals surface area contributed by atoms with Crippen molar-refractivity contribution in [1.82, 2.24) is 4.98 Å². The molecular formula is C21H18F3NO4S. The number of halogens is 3. The van der Waals surface area contributed by atoms with Gasteiger partial charge in [0.2, 0.25) is 0 Å². The lowest BCUT2D eigenvalue weighted by Crippen LogP contribution is -2.10. The van der Waals surface area contributed by atoms with Gasteiger partial charge in [-0.3, -0.25) is 4.98 Å². The molecule has 0 fully saturated rings. The van der Waals surface area contributed by atoms with E-state index in [1.807, 2.05) is 13.0 Å². The van der Waals surface area contributed by atoms with Crippen molar-refractivity contribution in [3.05, 3.63) is 64.2 Å². The summed E-state index contributed by atoms with van der Waals surface area (Å²) in [6.45, 7) is 3.55. The molecule has 0 saturated heterocycles. The first-order valence-corrected chi connectivity index (χ1v) is 9.66. The smallest absolute Gasteiger partial charge is 0.417 e. The number of carbonyl (C=O) groups is 1. The van der Waals surface area contributed by atoms with Crippen LogP contribution in [0.3, 0.4) is 0 Å². The number of thiophene rings is 1. The molecule has 0 radical (unpaired) electrons. The molecule has 0 aliphatic rings. The SMILES string of the molecule is Cc1cc(OCc2sc(-c3ccc(C(F)(F)F)cn3)cc2C)ccc1OCC(=O)O. The van der Waals surface area contributed by atoms with Gasteiger partial charge in [-0.25, -0.2) is 4.79 Å². The lowest BCUT2D eigenvalue weighted by Gasteiger charge is -2.10. The van der Waals surface area contributed by atoms with Crippen LogP contribution in [0, 0.1) is 13.8 Å². The minimum Gasteiger partial charge on any atom is -0.488 e. The Hall–Kier alpha value is -3.07. The number of hydrogen-bond donors (Lipinski definition) is 1. The van der Waals surface area contributed by atoms with Gasteiger partial charge in [0.15, 0.2) is 6.61 Å². The maximum absolute atomic E-state index is 12.7. The van der Waals surface area contributed by atoms with Gasteiger partial charge in [-0.05, 0) is 61.4 Å². The third kappa shape index (κ3) is 5.29. The predicted octanol–water partition coefficient (Wildman–Crippen LogP) is 5.49. The van der Waals surface area contributed by atoms with Crippen molar-refractivity contribution in [2.24, 2.45) is 0 Å². The highest BCUT2D eigenvalue weighted by molar-refractivity contribution is 7.15. The Bertz CT molecular complexity index is 1050. The van der Waals surface area contributed by atoms with Crippen LogP contribution in [0.4, 0.5) is 13.2 Å². The molecule has 0 unspecified atom stereocenters. The fraction of sp³-hybridized carbons (Fsp3) is 0.238. The van der Waals surface area contributed by atoms with Gasteiger partial charge in [-0.15, -0.1) is 11.3 Å². The van der Waals surface area contributed by atoms with Gasteiger partial charge in [0.1, 0.15) is 18.1 Å². The normalized spacial score (nSPS) is 11.4. The standard InChI is InChI=1S/C21H18F3NO4S/c1-12-7-15(4-6-17(12)29-11-20(26)27)28-10-19-13(2)8-18(30-19)16-5-3-14(9-25-16)21(22,23)24/h3-9H,10-11H2,1-2H3,(H,26,27). The molecule has 0 aliphatic carbocycles. The summed E-state index contributed by atoms with van der Waals surface area (Å²) in [6.07, 6.45) is -3.58. The van der Waals surface area contributed by atoms with Crippen molar-refractivity contribution in [1.29, 1.82) is 0 Å². The van der Waals surface area contributed by atoms with Crippen LogP contribution in [0.2, 0.25) is 0 Å². The van der Waals surface area contributed by atoms with E-state index in [0.717, 1.165) is 33.1 Å². The second kappa shape index (κ2) is 8.74. The van der Waals surface area contributed by atoms with Crippen LogP contribution in [0.1, 0.15) is 21.6 Å². The molecule has 30 heavy (non-hydrogen) atoms. The molecule has 0 aliphatic heterocycles. The number of carboxylic acid groups (broad SMARTS) is 1. The number of carboxylic acids is 1. The molecule has 2 aromatic heterocycles. The number of alkyl halides is 3. The Labute approximate surface area is 174 Å². The number of aryl methyl sites for hydroxylation is 2. The van der Waals surface area contributed by atoms with Gasteiger partial charge >= 0.3 is 12.1 Å². The van der Waals surface area contributed by atoms with Crippen molar-refractivity contribution in [2.45, 2.75) is 26.6 Å². The van der Waals surface area contributed by atoms with Gasteiger partial charge in [0, 0.05) is 11.1 Å². The Morgan fingerprint density at radius 2 is 1.87 bits per heavy atom. The second-order valence-corrected chi connectivity index (χ2v) is 7.68. The number of aromatic nitrogens is 1. The molecule has 9 heteroatoms. The van der Waals surface area contributed by atoms with E-state index in [1.165, 1.54) is 17.4 Å². The molecule has 0 spiro atoms. The van der Waals surface area contributed by atoms with E-state index < -0.39 is 24.3 Å². The number of aliphatic carboxylic acids is 1. The van der Waals surface area contributed by atoms with Crippen molar-refractivity contribution in [2.75, 3.05) is 6.61 Å². The lowest BCUT2D eigenvalue weighted by atomic mass is 10.2. The van der Waals surface area contributed by atoms with Crippen molar-refractivity contribution in [3.63, 3.8) is 0 Å². The van der Waals surface area contributed by atoms with Crippen LogP contribution < -0.4 is 9.47 Å². The van der Waals surface area contributed by atoms with Crippen LogP contribution in [0.25, 0.3) is 10.6 Å². The first kappa shape index (κ1) is 21.6. The zero-order valence-corrected chi connectivity index (χ0v) is 16.9. The molecule has 5 nitrogen and oxygen atoms in total. The Kier molecular flexibility index (Phi) is 6.31. The maximum atomic E-state index is 12.7. The van der Waals surface area contributed by atoms with Gasteiger partial charge < -0.3 is 14.6 Å². The van der Waals surface area contributed by atoms with E-state index in [0.29, 0.717) is 17.2 Å². The van der Waals surface area contributed by atoms with Gasteiger partial charge in [0.05, 0.1) is 16.1 Å². The summed E-state index contributed by atoms with van der Waals surface area (Å²) in [7, 11) is 0. The Balaban J connectivity index is 1.68. The molecule has 1 N–H and O–H groups in total. The molecule has 0 bridgehead atoms. The first-order chi connectivity index (χ1) is 14.1. The molecule has 3 rings (SSSR count). The number of ether oxygens (including phenoxy) is 2. The van der Waals surface area contributed by atoms with E-state index in [2.05, 4.69) is 4.98 Å². The summed E-state index contributed by atoms with van der Waals surface area (Å²) in [4.78, 5) is 16.2. The Morgan fingerprint density at radius 1 is 1.10 bits per heavy atom. The third-order valence-corrected chi connectivity index (χ3v) is 5.46. The molecular weight excluding hydrogens is 419 g/mol. The van der Waals surface area contributed by atoms with Crippen molar-refractivity contribution < 1.29 is 32.5 Å². The fourth-order valence-electron chi connectivity index (χ4n) is 2.66. The average molecular weight is 437 g/mol. The molecule has 158 valence electrons. The quantitative estimate of drug-likeness (QED) is 0.530. The zero-order valence-electron chi connectivity index (χ0n) is 16.1. The van der Waals surface area contributed by atoms with Crippen molar-refractivity contribution in [3.8, 4) is 22.1 Å². The molecule has 1 aromatic carbocycles. The van der Waals surface area contributed by atoms with Crippen molar-refractivity contribution >= 4 is 17.3 Å². The van der Waals surface area contributed by atoms with E-state index in [9.17, 15) is 18.0 Å². The monoisotopic (exact) mass is 437 g/mol. The highest BCUT2D eigenvalue weighted by Crippen LogP contribution is 2.34. The maximum Gasteiger partial charge on any atom is 0.417 e. The highest BCUT2D eigenvalue weighted by atomic mass is 32.1. The number of pyridine rings is 1. The van der Waals surface area contributed by atoms with E-state index in [4.69, 9.17) is 14.6 Å². The summed E-state index contributed by atoms with van der Waals surface area (Å²) >= 11 is 1.41. The van der Waals surface area contributed by atoms with Crippen LogP contribution in [-0.2, 0) is 17.6 Å². The number of hydrogen-bond acceptors (Lipinski definition) is 5. The highest BCUT2D eigenvalue weighted by Gasteiger charge is 2.30. The number of rotatable bonds is 7. The average Bonchev–Trinajstić information content (AvgIpc) is 3.05. The van der Waals surface area contributed by atoms with Gasteiger partial charge in [0.25, 0.3) is 0 Å². The fourth-order valence-corrected chi connectivity index (χ4v) is 3.72. The molecule has 0 atom stereocenters. The molecule has 0 saturated carbocycles. The van der Waals surface area contributed by atoms with Crippen LogP contribution in [-0.4, -0.2) is 22.7 Å². The van der Waals surface area contributed by atoms with Crippen LogP contribution in [0.15, 0.2) is 42.6 Å². The van der Waals surface area contributed by atoms with E-state index >= 15 is 0 Å². The number of nitrogens with zero attached hydrogens (tertiary/aromatic N) is 1. The molecule has 0 amide bonds. The summed E-state index contributed by atoms with van der Waals surface area (Å²) < 4.78 is 49.1. The largest absolute Gasteiger partial charge is 0.488 e. The Morgan fingerprint density at radius 3 is 2.47 bits per heavy atom. The van der Waals surface area contributed by atoms with Gasteiger partial charge in [-0.2, -0.15) is 13.2 Å². The lowest BCUT2D eigenvalue weighted by molar-refractivity contribution is -0.139. The van der Waals surface area contributed by atoms with Crippen LogP contribution in [0.5, 0.6) is 11.5 Å². The topological polar surface area (TPSA) is 68.7 Å². The summed E-state index contributed by atoms with van der Waals surface area (Å²) in [5.74, 6) is 0.00568. The molecule has 3 aromatic rings. The minimum absolute atomic E-state index is 0.284. The predicted molar refractivity (Wildman–Crippen MR) is 106 cm³/mol. The summed E-state index contributed by atoms with van der Waals surface area (Å²) in [6, 6.07) is 9.33. The van der Waals surface area contributed by atoms with E-state index in [1.54, 1.807) is 25.1 Å². The molecule has 2 heterocycles. The van der Waals surface area contributed by atoms with Gasteiger partial charge in [-0.1, -0.05) is 0 Å². The first-order valence-electron chi connectivity index (χ1n) is 8.84. The summed E-state index contributed by atoms with van der Waals surface area (Å²) in [5, 5.41) is 8.69. The number of benzene rings is 1. The van der Waals surface area contributed by atoms with E-state index in [-0.39, 0.29) is 6.61 Å². The third-order valence-electron chi connectivity index (χ3n) is 4.23.